The lowest BCUT2D eigenvalue weighted by Crippen LogP contribution is -2.12. The topological polar surface area (TPSA) is 72.2 Å². The molecule has 0 bridgehead atoms. The average molecular weight is 419 g/mol. The van der Waals surface area contributed by atoms with E-state index >= 15 is 0 Å². The van der Waals surface area contributed by atoms with Gasteiger partial charge in [0.05, 0.1) is 28.8 Å². The van der Waals surface area contributed by atoms with Gasteiger partial charge in [0.1, 0.15) is 23.1 Å². The number of nitrogens with zero attached hydrogens (tertiary/aromatic N) is 2. The highest BCUT2D eigenvalue weighted by Gasteiger charge is 2.13. The number of rotatable bonds is 6. The first-order chi connectivity index (χ1) is 13.0. The molecule has 0 fully saturated rings. The van der Waals surface area contributed by atoms with Crippen LogP contribution in [0.1, 0.15) is 16.3 Å². The molecule has 8 heteroatoms. The van der Waals surface area contributed by atoms with E-state index in [2.05, 4.69) is 4.98 Å². The average Bonchev–Trinajstić information content (AvgIpc) is 3.10. The van der Waals surface area contributed by atoms with Crippen molar-refractivity contribution in [1.82, 2.24) is 4.98 Å². The summed E-state index contributed by atoms with van der Waals surface area (Å²) in [6.45, 7) is 0.294. The molecule has 3 aromatic rings. The van der Waals surface area contributed by atoms with Gasteiger partial charge in [-0.2, -0.15) is 5.26 Å². The molecule has 0 amide bonds. The molecule has 1 heterocycles. The van der Waals surface area contributed by atoms with Crippen LogP contribution in [0.15, 0.2) is 47.8 Å². The second-order valence-corrected chi connectivity index (χ2v) is 7.17. The highest BCUT2D eigenvalue weighted by Crippen LogP contribution is 2.26. The minimum absolute atomic E-state index is 0.00771. The monoisotopic (exact) mass is 418 g/mol. The van der Waals surface area contributed by atoms with Gasteiger partial charge in [0.15, 0.2) is 0 Å². The molecule has 3 rings (SSSR count). The second-order valence-electron chi connectivity index (χ2n) is 5.38. The Morgan fingerprint density at radius 1 is 1.19 bits per heavy atom. The SMILES string of the molecule is N#Cc1ccc(OC(=O)Cc2csc(COc3ccc(Cl)cc3)n2)c(Cl)c1. The standard InChI is InChI=1S/C19H12Cl2N2O3S/c20-13-2-4-15(5-3-13)25-10-18-23-14(11-27-18)8-19(24)26-17-6-1-12(9-22)7-16(17)21/h1-7,11H,8,10H2. The third-order valence-electron chi connectivity index (χ3n) is 3.39. The first kappa shape index (κ1) is 19.2. The van der Waals surface area contributed by atoms with Gasteiger partial charge in [-0.3, -0.25) is 4.79 Å². The van der Waals surface area contributed by atoms with Gasteiger partial charge in [0.25, 0.3) is 0 Å². The molecule has 0 aliphatic carbocycles. The first-order valence-electron chi connectivity index (χ1n) is 7.75. The van der Waals surface area contributed by atoms with E-state index in [9.17, 15) is 4.79 Å². The Bertz CT molecular complexity index is 997. The van der Waals surface area contributed by atoms with Crippen molar-refractivity contribution in [3.63, 3.8) is 0 Å². The number of carbonyl (C=O) groups is 1. The highest BCUT2D eigenvalue weighted by atomic mass is 35.5. The molecule has 0 unspecified atom stereocenters. The van der Waals surface area contributed by atoms with Crippen molar-refractivity contribution >= 4 is 40.5 Å². The summed E-state index contributed by atoms with van der Waals surface area (Å²) in [5.41, 5.74) is 0.981. The summed E-state index contributed by atoms with van der Waals surface area (Å²) in [5.74, 6) is 0.408. The number of nitriles is 1. The number of hydrogen-bond donors (Lipinski definition) is 0. The number of aromatic nitrogens is 1. The van der Waals surface area contributed by atoms with E-state index in [-0.39, 0.29) is 17.2 Å². The fraction of sp³-hybridized carbons (Fsp3) is 0.105. The minimum atomic E-state index is -0.489. The van der Waals surface area contributed by atoms with Crippen LogP contribution in [0.3, 0.4) is 0 Å². The fourth-order valence-corrected chi connectivity index (χ4v) is 3.18. The highest BCUT2D eigenvalue weighted by molar-refractivity contribution is 7.09. The van der Waals surface area contributed by atoms with Gasteiger partial charge >= 0.3 is 5.97 Å². The van der Waals surface area contributed by atoms with E-state index in [0.29, 0.717) is 28.6 Å². The van der Waals surface area contributed by atoms with Gasteiger partial charge in [-0.05, 0) is 42.5 Å². The van der Waals surface area contributed by atoms with Crippen molar-refractivity contribution in [3.8, 4) is 17.6 Å². The van der Waals surface area contributed by atoms with Gasteiger partial charge in [0.2, 0.25) is 0 Å². The first-order valence-corrected chi connectivity index (χ1v) is 9.39. The van der Waals surface area contributed by atoms with Crippen molar-refractivity contribution in [2.45, 2.75) is 13.0 Å². The third-order valence-corrected chi connectivity index (χ3v) is 4.80. The molecule has 5 nitrogen and oxygen atoms in total. The number of halogens is 2. The Kier molecular flexibility index (Phi) is 6.30. The molecule has 0 spiro atoms. The number of thiazole rings is 1. The van der Waals surface area contributed by atoms with Crippen LogP contribution in [0.5, 0.6) is 11.5 Å². The molecule has 0 atom stereocenters. The molecule has 0 N–H and O–H groups in total. The molecule has 27 heavy (non-hydrogen) atoms. The van der Waals surface area contributed by atoms with E-state index in [4.69, 9.17) is 37.9 Å². The van der Waals surface area contributed by atoms with Gasteiger partial charge in [-0.15, -0.1) is 11.3 Å². The summed E-state index contributed by atoms with van der Waals surface area (Å²) in [6.07, 6.45) is 0.00771. The van der Waals surface area contributed by atoms with Crippen LogP contribution in [-0.2, 0) is 17.8 Å². The Balaban J connectivity index is 1.54. The summed E-state index contributed by atoms with van der Waals surface area (Å²) >= 11 is 13.2. The molecule has 1 aromatic heterocycles. The molecular weight excluding hydrogens is 407 g/mol. The van der Waals surface area contributed by atoms with Crippen molar-refractivity contribution in [2.24, 2.45) is 0 Å². The van der Waals surface area contributed by atoms with E-state index in [1.165, 1.54) is 29.5 Å². The number of hydrogen-bond acceptors (Lipinski definition) is 6. The molecule has 0 aliphatic rings. The molecule has 0 radical (unpaired) electrons. The van der Waals surface area contributed by atoms with Crippen molar-refractivity contribution in [3.05, 3.63) is 74.2 Å². The number of esters is 1. The van der Waals surface area contributed by atoms with Crippen LogP contribution in [0.4, 0.5) is 0 Å². The van der Waals surface area contributed by atoms with Crippen LogP contribution in [-0.4, -0.2) is 11.0 Å². The summed E-state index contributed by atoms with van der Waals surface area (Å²) < 4.78 is 10.9. The predicted molar refractivity (Wildman–Crippen MR) is 103 cm³/mol. The van der Waals surface area contributed by atoms with Crippen molar-refractivity contribution in [2.75, 3.05) is 0 Å². The predicted octanol–water partition coefficient (Wildman–Crippen LogP) is 5.05. The van der Waals surface area contributed by atoms with Gasteiger partial charge < -0.3 is 9.47 Å². The smallest absolute Gasteiger partial charge is 0.317 e. The molecule has 0 saturated carbocycles. The molecular formula is C19H12Cl2N2O3S. The van der Waals surface area contributed by atoms with Crippen molar-refractivity contribution in [1.29, 1.82) is 5.26 Å². The zero-order valence-electron chi connectivity index (χ0n) is 13.8. The van der Waals surface area contributed by atoms with Crippen LogP contribution in [0, 0.1) is 11.3 Å². The lowest BCUT2D eigenvalue weighted by atomic mass is 10.2. The Labute approximate surface area is 169 Å². The van der Waals surface area contributed by atoms with E-state index in [1.54, 1.807) is 29.6 Å². The quantitative estimate of drug-likeness (QED) is 0.413. The number of benzene rings is 2. The maximum absolute atomic E-state index is 12.1. The molecule has 0 aliphatic heterocycles. The van der Waals surface area contributed by atoms with E-state index < -0.39 is 5.97 Å². The Hall–Kier alpha value is -2.59. The van der Waals surface area contributed by atoms with Crippen molar-refractivity contribution < 1.29 is 14.3 Å². The lowest BCUT2D eigenvalue weighted by Gasteiger charge is -2.05. The third kappa shape index (κ3) is 5.44. The van der Waals surface area contributed by atoms with Gasteiger partial charge in [-0.1, -0.05) is 23.2 Å². The number of ether oxygens (including phenoxy) is 2. The maximum Gasteiger partial charge on any atom is 0.317 e. The van der Waals surface area contributed by atoms with Crippen LogP contribution >= 0.6 is 34.5 Å². The van der Waals surface area contributed by atoms with Crippen LogP contribution in [0.25, 0.3) is 0 Å². The molecule has 0 saturated heterocycles. The summed E-state index contributed by atoms with van der Waals surface area (Å²) in [7, 11) is 0. The van der Waals surface area contributed by atoms with Crippen LogP contribution in [0.2, 0.25) is 10.0 Å². The van der Waals surface area contributed by atoms with E-state index in [0.717, 1.165) is 5.01 Å². The zero-order chi connectivity index (χ0) is 19.2. The Morgan fingerprint density at radius 3 is 2.67 bits per heavy atom. The van der Waals surface area contributed by atoms with Crippen LogP contribution < -0.4 is 9.47 Å². The largest absolute Gasteiger partial charge is 0.486 e. The van der Waals surface area contributed by atoms with Gasteiger partial charge in [-0.25, -0.2) is 4.98 Å². The maximum atomic E-state index is 12.1. The fourth-order valence-electron chi connectivity index (χ4n) is 2.13. The second kappa shape index (κ2) is 8.87. The summed E-state index contributed by atoms with van der Waals surface area (Å²) in [4.78, 5) is 16.4. The van der Waals surface area contributed by atoms with E-state index in [1.807, 2.05) is 6.07 Å². The zero-order valence-corrected chi connectivity index (χ0v) is 16.1. The van der Waals surface area contributed by atoms with Gasteiger partial charge in [0, 0.05) is 10.4 Å². The summed E-state index contributed by atoms with van der Waals surface area (Å²) in [6, 6.07) is 13.5. The molecule has 2 aromatic carbocycles. The minimum Gasteiger partial charge on any atom is -0.486 e. The lowest BCUT2D eigenvalue weighted by molar-refractivity contribution is -0.133. The normalized spacial score (nSPS) is 10.3. The number of carbonyl (C=O) groups excluding carboxylic acids is 1. The summed E-state index contributed by atoms with van der Waals surface area (Å²) in [5, 5.41) is 12.2. The Morgan fingerprint density at radius 2 is 1.96 bits per heavy atom. The molecule has 136 valence electrons.